The van der Waals surface area contributed by atoms with Crippen molar-refractivity contribution in [1.82, 2.24) is 9.88 Å². The van der Waals surface area contributed by atoms with Crippen LogP contribution in [0.15, 0.2) is 76.2 Å². The smallest absolute Gasteiger partial charge is 0.254 e. The summed E-state index contributed by atoms with van der Waals surface area (Å²) in [5.41, 5.74) is 2.50. The molecule has 0 saturated carbocycles. The first-order chi connectivity index (χ1) is 16.0. The van der Waals surface area contributed by atoms with Gasteiger partial charge in [-0.25, -0.2) is 4.98 Å². The summed E-state index contributed by atoms with van der Waals surface area (Å²) in [6, 6.07) is 19.3. The molecule has 0 aliphatic heterocycles. The molecule has 6 nitrogen and oxygen atoms in total. The van der Waals surface area contributed by atoms with Crippen molar-refractivity contribution in [2.45, 2.75) is 18.0 Å². The van der Waals surface area contributed by atoms with Gasteiger partial charge < -0.3 is 19.0 Å². The van der Waals surface area contributed by atoms with E-state index >= 15 is 0 Å². The second-order valence-electron chi connectivity index (χ2n) is 7.89. The Labute approximate surface area is 198 Å². The quantitative estimate of drug-likeness (QED) is 0.325. The largest absolute Gasteiger partial charge is 0.497 e. The minimum atomic E-state index is -0.0865. The highest BCUT2D eigenvalue weighted by atomic mass is 32.2. The van der Waals surface area contributed by atoms with Gasteiger partial charge in [-0.15, -0.1) is 11.8 Å². The number of pyridine rings is 1. The third-order valence-corrected chi connectivity index (χ3v) is 6.14. The van der Waals surface area contributed by atoms with Crippen molar-refractivity contribution in [2.75, 3.05) is 32.4 Å². The topological polar surface area (TPSA) is 58.8 Å². The molecule has 0 aliphatic rings. The maximum atomic E-state index is 13.5. The summed E-state index contributed by atoms with van der Waals surface area (Å²) in [5.74, 6) is 2.19. The van der Waals surface area contributed by atoms with Gasteiger partial charge in [-0.3, -0.25) is 4.79 Å². The predicted octanol–water partition coefficient (Wildman–Crippen LogP) is 5.47. The Bertz CT molecular complexity index is 1240. The maximum absolute atomic E-state index is 13.5. The van der Waals surface area contributed by atoms with Crippen LogP contribution in [0.5, 0.6) is 5.75 Å². The molecule has 0 spiro atoms. The summed E-state index contributed by atoms with van der Waals surface area (Å²) >= 11 is 1.69. The van der Waals surface area contributed by atoms with Gasteiger partial charge in [0.05, 0.1) is 32.0 Å². The van der Waals surface area contributed by atoms with E-state index in [1.807, 2.05) is 31.1 Å². The van der Waals surface area contributed by atoms with Crippen LogP contribution in [0.4, 0.5) is 5.82 Å². The Morgan fingerprint density at radius 1 is 1.06 bits per heavy atom. The number of aromatic nitrogens is 1. The van der Waals surface area contributed by atoms with Crippen molar-refractivity contribution in [3.63, 3.8) is 0 Å². The van der Waals surface area contributed by atoms with Gasteiger partial charge in [-0.05, 0) is 60.9 Å². The van der Waals surface area contributed by atoms with E-state index in [1.165, 1.54) is 4.90 Å². The lowest BCUT2D eigenvalue weighted by Crippen LogP contribution is -2.31. The molecule has 1 amide bonds. The maximum Gasteiger partial charge on any atom is 0.254 e. The van der Waals surface area contributed by atoms with Crippen LogP contribution < -0.4 is 9.64 Å². The highest BCUT2D eigenvalue weighted by molar-refractivity contribution is 7.98. The fraction of sp³-hybridized carbons (Fsp3) is 0.231. The number of amides is 1. The van der Waals surface area contributed by atoms with Crippen LogP contribution in [0.2, 0.25) is 0 Å². The Kier molecular flexibility index (Phi) is 6.89. The predicted molar refractivity (Wildman–Crippen MR) is 133 cm³/mol. The average Bonchev–Trinajstić information content (AvgIpc) is 3.35. The van der Waals surface area contributed by atoms with E-state index in [2.05, 4.69) is 30.5 Å². The number of anilines is 1. The number of hydrogen-bond donors (Lipinski definition) is 0. The molecule has 33 heavy (non-hydrogen) atoms. The zero-order valence-corrected chi connectivity index (χ0v) is 20.1. The number of methoxy groups -OCH3 is 1. The molecule has 4 rings (SSSR count). The number of thioether (sulfide) groups is 1. The number of nitrogens with zero attached hydrogens (tertiary/aromatic N) is 3. The average molecular weight is 462 g/mol. The molecule has 0 N–H and O–H groups in total. The second-order valence-corrected chi connectivity index (χ2v) is 8.77. The van der Waals surface area contributed by atoms with Crippen molar-refractivity contribution in [1.29, 1.82) is 0 Å². The highest BCUT2D eigenvalue weighted by Crippen LogP contribution is 2.28. The van der Waals surface area contributed by atoms with E-state index in [0.717, 1.165) is 28.0 Å². The lowest BCUT2D eigenvalue weighted by atomic mass is 10.1. The fourth-order valence-electron chi connectivity index (χ4n) is 3.72. The third kappa shape index (κ3) is 5.14. The van der Waals surface area contributed by atoms with E-state index in [4.69, 9.17) is 14.1 Å². The number of hydrogen-bond acceptors (Lipinski definition) is 6. The molecule has 0 saturated heterocycles. The Morgan fingerprint density at radius 3 is 2.48 bits per heavy atom. The zero-order chi connectivity index (χ0) is 23.4. The molecular formula is C26H27N3O3S. The van der Waals surface area contributed by atoms with Crippen LogP contribution in [0.3, 0.4) is 0 Å². The van der Waals surface area contributed by atoms with Crippen molar-refractivity contribution < 1.29 is 13.9 Å². The molecular weight excluding hydrogens is 434 g/mol. The number of ether oxygens (including phenoxy) is 1. The summed E-state index contributed by atoms with van der Waals surface area (Å²) in [6.45, 7) is 0.750. The van der Waals surface area contributed by atoms with Crippen LogP contribution in [-0.2, 0) is 13.1 Å². The number of furan rings is 1. The highest BCUT2D eigenvalue weighted by Gasteiger charge is 2.21. The van der Waals surface area contributed by atoms with Crippen LogP contribution in [0.1, 0.15) is 21.7 Å². The second kappa shape index (κ2) is 10.0. The van der Waals surface area contributed by atoms with Crippen LogP contribution in [0, 0.1) is 0 Å². The minimum Gasteiger partial charge on any atom is -0.497 e. The molecule has 0 aliphatic carbocycles. The first kappa shape index (κ1) is 22.7. The number of fused-ring (bicyclic) bond motifs is 1. The van der Waals surface area contributed by atoms with Crippen molar-refractivity contribution in [3.8, 4) is 5.75 Å². The van der Waals surface area contributed by atoms with Gasteiger partial charge in [-0.1, -0.05) is 6.07 Å². The lowest BCUT2D eigenvalue weighted by molar-refractivity contribution is 0.0718. The zero-order valence-electron chi connectivity index (χ0n) is 19.2. The first-order valence-corrected chi connectivity index (χ1v) is 11.8. The summed E-state index contributed by atoms with van der Waals surface area (Å²) in [6.07, 6.45) is 3.68. The van der Waals surface area contributed by atoms with Gasteiger partial charge in [0, 0.05) is 35.5 Å². The van der Waals surface area contributed by atoms with Crippen molar-refractivity contribution in [2.24, 2.45) is 0 Å². The summed E-state index contributed by atoms with van der Waals surface area (Å²) in [4.78, 5) is 23.4. The Balaban J connectivity index is 1.72. The molecule has 4 aromatic rings. The van der Waals surface area contributed by atoms with E-state index in [0.29, 0.717) is 24.4 Å². The first-order valence-electron chi connectivity index (χ1n) is 10.6. The summed E-state index contributed by atoms with van der Waals surface area (Å²) < 4.78 is 10.8. The minimum absolute atomic E-state index is 0.0865. The molecule has 0 radical (unpaired) electrons. The van der Waals surface area contributed by atoms with E-state index in [9.17, 15) is 4.79 Å². The van der Waals surface area contributed by atoms with Gasteiger partial charge in [0.25, 0.3) is 5.91 Å². The van der Waals surface area contributed by atoms with E-state index in [-0.39, 0.29) is 5.91 Å². The molecule has 2 aromatic heterocycles. The molecule has 0 bridgehead atoms. The molecule has 2 aromatic carbocycles. The van der Waals surface area contributed by atoms with Crippen LogP contribution >= 0.6 is 11.8 Å². The van der Waals surface area contributed by atoms with Crippen molar-refractivity contribution in [3.05, 3.63) is 83.8 Å². The number of carbonyl (C=O) groups is 1. The van der Waals surface area contributed by atoms with E-state index in [1.54, 1.807) is 54.3 Å². The van der Waals surface area contributed by atoms with Gasteiger partial charge in [-0.2, -0.15) is 0 Å². The molecule has 170 valence electrons. The van der Waals surface area contributed by atoms with Gasteiger partial charge in [0.2, 0.25) is 0 Å². The van der Waals surface area contributed by atoms with Gasteiger partial charge in [0.15, 0.2) is 0 Å². The standard InChI is InChI=1S/C26H27N3O3S/c1-28(2)25-20(14-19-9-12-23(33-4)15-24(19)27-25)16-29(17-22-6-5-13-32-22)26(30)18-7-10-21(31-3)11-8-18/h5-15H,16-17H2,1-4H3. The third-order valence-electron chi connectivity index (χ3n) is 5.42. The molecule has 2 heterocycles. The summed E-state index contributed by atoms with van der Waals surface area (Å²) in [5, 5.41) is 1.04. The fourth-order valence-corrected chi connectivity index (χ4v) is 4.16. The summed E-state index contributed by atoms with van der Waals surface area (Å²) in [7, 11) is 5.55. The van der Waals surface area contributed by atoms with Crippen LogP contribution in [0.25, 0.3) is 10.9 Å². The SMILES string of the molecule is COc1ccc(C(=O)N(Cc2ccco2)Cc2cc3ccc(SC)cc3nc2N(C)C)cc1. The number of benzene rings is 2. The number of carbonyl (C=O) groups excluding carboxylic acids is 1. The van der Waals surface area contributed by atoms with E-state index < -0.39 is 0 Å². The van der Waals surface area contributed by atoms with Gasteiger partial charge in [0.1, 0.15) is 17.3 Å². The normalized spacial score (nSPS) is 10.9. The van der Waals surface area contributed by atoms with Gasteiger partial charge >= 0.3 is 0 Å². The Hall–Kier alpha value is -3.45. The molecule has 0 atom stereocenters. The Morgan fingerprint density at radius 2 is 1.85 bits per heavy atom. The monoisotopic (exact) mass is 461 g/mol. The molecule has 7 heteroatoms. The van der Waals surface area contributed by atoms with Crippen molar-refractivity contribution >= 4 is 34.4 Å². The molecule has 0 fully saturated rings. The molecule has 0 unspecified atom stereocenters. The van der Waals surface area contributed by atoms with Crippen LogP contribution in [-0.4, -0.2) is 43.3 Å². The number of rotatable bonds is 8. The lowest BCUT2D eigenvalue weighted by Gasteiger charge is -2.25.